The highest BCUT2D eigenvalue weighted by Crippen LogP contribution is 2.28. The van der Waals surface area contributed by atoms with Crippen molar-refractivity contribution >= 4 is 23.0 Å². The van der Waals surface area contributed by atoms with Gasteiger partial charge < -0.3 is 62.2 Å². The van der Waals surface area contributed by atoms with Gasteiger partial charge in [-0.25, -0.2) is 0 Å². The Morgan fingerprint density at radius 1 is 0.468 bits per heavy atom. The van der Waals surface area contributed by atoms with E-state index in [2.05, 4.69) is 12.2 Å². The molecule has 0 aliphatic carbocycles. The SMILES string of the molecule is CCCCCCCCCCCC(=O)OCCOCCOCCOCCOCCOCCOCCOCCOCCOCCOCCOCCNc1ccc([N+](=O)[O-])cc1[N+](=O)[O-]. The van der Waals surface area contributed by atoms with Crippen LogP contribution in [0.1, 0.15) is 71.1 Å². The molecule has 0 bridgehead atoms. The number of carbonyl (C=O) groups excluding carboxylic acids is 1. The summed E-state index contributed by atoms with van der Waals surface area (Å²) in [5.41, 5.74) is -0.535. The summed E-state index contributed by atoms with van der Waals surface area (Å²) in [6.07, 6.45) is 11.5. The molecular formula is C42H75N3O17. The minimum Gasteiger partial charge on any atom is -0.463 e. The second-order valence-electron chi connectivity index (χ2n) is 13.7. The molecule has 1 rings (SSSR count). The zero-order valence-corrected chi connectivity index (χ0v) is 37.1. The van der Waals surface area contributed by atoms with Gasteiger partial charge >= 0.3 is 5.97 Å². The topological polar surface area (TPSA) is 226 Å². The van der Waals surface area contributed by atoms with Crippen LogP contribution in [0.2, 0.25) is 0 Å². The van der Waals surface area contributed by atoms with E-state index in [1.165, 1.54) is 57.1 Å². The summed E-state index contributed by atoms with van der Waals surface area (Å²) in [5.74, 6) is -0.149. The Kier molecular flexibility index (Phi) is 40.8. The summed E-state index contributed by atoms with van der Waals surface area (Å²) >= 11 is 0. The number of hydrogen-bond donors (Lipinski definition) is 1. The lowest BCUT2D eigenvalue weighted by Gasteiger charge is -2.09. The zero-order chi connectivity index (χ0) is 44.8. The third-order valence-corrected chi connectivity index (χ3v) is 8.65. The first-order valence-corrected chi connectivity index (χ1v) is 22.1. The largest absolute Gasteiger partial charge is 0.463 e. The van der Waals surface area contributed by atoms with Crippen LogP contribution in [-0.4, -0.2) is 174 Å². The molecule has 0 amide bonds. The number of carbonyl (C=O) groups is 1. The lowest BCUT2D eigenvalue weighted by molar-refractivity contribution is -0.393. The van der Waals surface area contributed by atoms with Crippen molar-refractivity contribution in [1.29, 1.82) is 0 Å². The molecule has 0 radical (unpaired) electrons. The van der Waals surface area contributed by atoms with Crippen LogP contribution in [0.4, 0.5) is 17.1 Å². The maximum absolute atomic E-state index is 11.8. The fourth-order valence-electron chi connectivity index (χ4n) is 5.36. The normalized spacial score (nSPS) is 11.3. The Balaban J connectivity index is 1.68. The van der Waals surface area contributed by atoms with Gasteiger partial charge in [-0.2, -0.15) is 0 Å². The lowest BCUT2D eigenvalue weighted by Crippen LogP contribution is -2.16. The molecule has 360 valence electrons. The fraction of sp³-hybridized carbons (Fsp3) is 0.833. The van der Waals surface area contributed by atoms with E-state index in [1.54, 1.807) is 0 Å². The minimum absolute atomic E-state index is 0.149. The van der Waals surface area contributed by atoms with Gasteiger partial charge in [-0.05, 0) is 12.5 Å². The third kappa shape index (κ3) is 37.4. The number of unbranched alkanes of at least 4 members (excludes halogenated alkanes) is 8. The quantitative estimate of drug-likeness (QED) is 0.0365. The van der Waals surface area contributed by atoms with Gasteiger partial charge in [0.15, 0.2) is 0 Å². The molecule has 62 heavy (non-hydrogen) atoms. The highest BCUT2D eigenvalue weighted by Gasteiger charge is 2.19. The van der Waals surface area contributed by atoms with E-state index in [-0.39, 0.29) is 42.8 Å². The number of nitro benzene ring substituents is 2. The smallest absolute Gasteiger partial charge is 0.305 e. The van der Waals surface area contributed by atoms with Crippen molar-refractivity contribution in [3.05, 3.63) is 38.4 Å². The van der Waals surface area contributed by atoms with Crippen LogP contribution in [0.3, 0.4) is 0 Å². The van der Waals surface area contributed by atoms with E-state index < -0.39 is 9.85 Å². The Labute approximate surface area is 367 Å². The number of hydrogen-bond acceptors (Lipinski definition) is 18. The summed E-state index contributed by atoms with van der Waals surface area (Å²) in [7, 11) is 0. The minimum atomic E-state index is -0.682. The molecule has 20 nitrogen and oxygen atoms in total. The number of nitrogens with zero attached hydrogens (tertiary/aromatic N) is 2. The highest BCUT2D eigenvalue weighted by molar-refractivity contribution is 5.69. The predicted octanol–water partition coefficient (Wildman–Crippen LogP) is 5.56. The number of esters is 1. The Bertz CT molecular complexity index is 1200. The first-order valence-electron chi connectivity index (χ1n) is 22.1. The fourth-order valence-corrected chi connectivity index (χ4v) is 5.36. The molecule has 0 unspecified atom stereocenters. The van der Waals surface area contributed by atoms with E-state index >= 15 is 0 Å². The molecule has 0 spiro atoms. The second-order valence-corrected chi connectivity index (χ2v) is 13.7. The number of non-ortho nitro benzene ring substituents is 1. The van der Waals surface area contributed by atoms with Crippen molar-refractivity contribution in [1.82, 2.24) is 0 Å². The van der Waals surface area contributed by atoms with Gasteiger partial charge in [0.2, 0.25) is 0 Å². The molecule has 0 fully saturated rings. The number of nitrogens with one attached hydrogen (secondary N) is 1. The molecule has 0 atom stereocenters. The molecule has 20 heteroatoms. The van der Waals surface area contributed by atoms with E-state index in [1.807, 2.05) is 0 Å². The first-order chi connectivity index (χ1) is 30.5. The van der Waals surface area contributed by atoms with E-state index in [4.69, 9.17) is 56.8 Å². The van der Waals surface area contributed by atoms with Gasteiger partial charge in [-0.15, -0.1) is 0 Å². The Hall–Kier alpha value is -3.15. The molecule has 0 aliphatic rings. The molecular weight excluding hydrogens is 818 g/mol. The van der Waals surface area contributed by atoms with Crippen LogP contribution in [0, 0.1) is 20.2 Å². The van der Waals surface area contributed by atoms with E-state index in [0.717, 1.165) is 18.9 Å². The van der Waals surface area contributed by atoms with E-state index in [0.29, 0.717) is 145 Å². The van der Waals surface area contributed by atoms with Crippen molar-refractivity contribution in [2.75, 3.05) is 164 Å². The maximum atomic E-state index is 11.8. The number of nitro groups is 2. The van der Waals surface area contributed by atoms with Crippen LogP contribution >= 0.6 is 0 Å². The molecule has 0 saturated carbocycles. The Morgan fingerprint density at radius 3 is 1.16 bits per heavy atom. The van der Waals surface area contributed by atoms with Crippen molar-refractivity contribution in [3.63, 3.8) is 0 Å². The van der Waals surface area contributed by atoms with Gasteiger partial charge in [0, 0.05) is 19.0 Å². The zero-order valence-electron chi connectivity index (χ0n) is 37.1. The first kappa shape index (κ1) is 56.9. The summed E-state index contributed by atoms with van der Waals surface area (Å²) in [4.78, 5) is 32.4. The maximum Gasteiger partial charge on any atom is 0.305 e. The Morgan fingerprint density at radius 2 is 0.806 bits per heavy atom. The van der Waals surface area contributed by atoms with Crippen molar-refractivity contribution in [2.45, 2.75) is 71.1 Å². The van der Waals surface area contributed by atoms with E-state index in [9.17, 15) is 25.0 Å². The van der Waals surface area contributed by atoms with Crippen molar-refractivity contribution in [3.8, 4) is 0 Å². The van der Waals surface area contributed by atoms with Crippen LogP contribution < -0.4 is 5.32 Å². The molecule has 1 aromatic rings. The third-order valence-electron chi connectivity index (χ3n) is 8.65. The molecule has 0 aromatic heterocycles. The van der Waals surface area contributed by atoms with Crippen LogP contribution in [-0.2, 0) is 61.6 Å². The number of anilines is 1. The predicted molar refractivity (Wildman–Crippen MR) is 230 cm³/mol. The average Bonchev–Trinajstić information content (AvgIpc) is 3.26. The molecule has 0 aliphatic heterocycles. The van der Waals surface area contributed by atoms with Crippen molar-refractivity contribution < 1.29 is 71.5 Å². The van der Waals surface area contributed by atoms with Gasteiger partial charge in [-0.1, -0.05) is 58.3 Å². The highest BCUT2D eigenvalue weighted by atomic mass is 16.6. The molecule has 1 N–H and O–H groups in total. The van der Waals surface area contributed by atoms with Gasteiger partial charge in [0.05, 0.1) is 161 Å². The number of ether oxygens (including phenoxy) is 12. The summed E-state index contributed by atoms with van der Waals surface area (Å²) < 4.78 is 65.4. The van der Waals surface area contributed by atoms with Crippen LogP contribution in [0.25, 0.3) is 0 Å². The molecule has 0 saturated heterocycles. The van der Waals surface area contributed by atoms with Gasteiger partial charge in [0.25, 0.3) is 11.4 Å². The second kappa shape index (κ2) is 44.5. The van der Waals surface area contributed by atoms with Crippen LogP contribution in [0.5, 0.6) is 0 Å². The van der Waals surface area contributed by atoms with Crippen LogP contribution in [0.15, 0.2) is 18.2 Å². The van der Waals surface area contributed by atoms with Gasteiger partial charge in [0.1, 0.15) is 12.3 Å². The number of benzene rings is 1. The number of rotatable bonds is 49. The summed E-state index contributed by atoms with van der Waals surface area (Å²) in [6, 6.07) is 3.42. The summed E-state index contributed by atoms with van der Waals surface area (Å²) in [6.45, 7) is 12.3. The average molecular weight is 894 g/mol. The molecule has 1 aromatic carbocycles. The monoisotopic (exact) mass is 894 g/mol. The summed E-state index contributed by atoms with van der Waals surface area (Å²) in [5, 5.41) is 24.8. The van der Waals surface area contributed by atoms with Crippen molar-refractivity contribution in [2.24, 2.45) is 0 Å². The molecule has 0 heterocycles. The van der Waals surface area contributed by atoms with Gasteiger partial charge in [-0.3, -0.25) is 25.0 Å². The standard InChI is InChI=1S/C42H75N3O17/c1-2-3-4-5-6-7-8-9-10-11-42(46)62-37-36-61-35-34-60-33-32-59-31-30-58-29-28-57-27-26-56-25-24-55-23-22-54-21-20-53-19-18-52-17-16-51-15-14-43-40-13-12-39(44(47)48)38-41(40)45(49)50/h12-13,38,43H,2-11,14-37H2,1H3. The lowest BCUT2D eigenvalue weighted by atomic mass is 10.1.